The van der Waals surface area contributed by atoms with Crippen molar-refractivity contribution in [1.82, 2.24) is 5.32 Å². The summed E-state index contributed by atoms with van der Waals surface area (Å²) < 4.78 is 5.17. The van der Waals surface area contributed by atoms with Gasteiger partial charge in [-0.3, -0.25) is 0 Å². The van der Waals surface area contributed by atoms with Crippen LogP contribution in [0.3, 0.4) is 0 Å². The van der Waals surface area contributed by atoms with E-state index in [2.05, 4.69) is 5.32 Å². The van der Waals surface area contributed by atoms with Crippen molar-refractivity contribution in [2.75, 3.05) is 20.2 Å². The van der Waals surface area contributed by atoms with Crippen molar-refractivity contribution >= 4 is 0 Å². The minimum atomic E-state index is -0.398. The van der Waals surface area contributed by atoms with E-state index in [1.807, 2.05) is 20.9 Å². The Hall–Kier alpha value is -0.120. The van der Waals surface area contributed by atoms with E-state index in [0.29, 0.717) is 13.2 Å². The van der Waals surface area contributed by atoms with E-state index in [4.69, 9.17) is 4.74 Å². The number of ether oxygens (including phenoxy) is 1. The number of hydrogen-bond acceptors (Lipinski definition) is 3. The molecule has 2 unspecified atom stereocenters. The molecular weight excluding hydrogens is 130 g/mol. The second kappa shape index (κ2) is 5.65. The van der Waals surface area contributed by atoms with Gasteiger partial charge in [0.15, 0.2) is 0 Å². The van der Waals surface area contributed by atoms with Gasteiger partial charge in [-0.15, -0.1) is 0 Å². The summed E-state index contributed by atoms with van der Waals surface area (Å²) in [4.78, 5) is 0. The first-order chi connectivity index (χ1) is 4.72. The Bertz CT molecular complexity index is 68.0. The predicted octanol–water partition coefficient (Wildman–Crippen LogP) is -0.00830. The van der Waals surface area contributed by atoms with Crippen LogP contribution in [-0.4, -0.2) is 37.5 Å². The lowest BCUT2D eigenvalue weighted by Gasteiger charge is -2.17. The highest BCUT2D eigenvalue weighted by atomic mass is 16.5. The number of rotatable bonds is 5. The van der Waals surface area contributed by atoms with E-state index in [9.17, 15) is 5.11 Å². The van der Waals surface area contributed by atoms with Crippen LogP contribution in [-0.2, 0) is 4.74 Å². The van der Waals surface area contributed by atoms with Crippen molar-refractivity contribution in [2.24, 2.45) is 0 Å². The molecule has 3 heteroatoms. The molecule has 0 aliphatic heterocycles. The average molecular weight is 147 g/mol. The van der Waals surface area contributed by atoms with Gasteiger partial charge in [-0.2, -0.15) is 0 Å². The normalized spacial score (nSPS) is 16.8. The molecule has 2 N–H and O–H groups in total. The first-order valence-electron chi connectivity index (χ1n) is 3.66. The average Bonchev–Trinajstić information content (AvgIpc) is 1.89. The van der Waals surface area contributed by atoms with Gasteiger partial charge in [0, 0.05) is 13.2 Å². The van der Waals surface area contributed by atoms with Crippen molar-refractivity contribution < 1.29 is 9.84 Å². The Labute approximate surface area is 62.4 Å². The summed E-state index contributed by atoms with van der Waals surface area (Å²) in [5, 5.41) is 12.1. The van der Waals surface area contributed by atoms with Crippen LogP contribution in [0.5, 0.6) is 0 Å². The Morgan fingerprint density at radius 2 is 2.20 bits per heavy atom. The van der Waals surface area contributed by atoms with Crippen molar-refractivity contribution in [3.05, 3.63) is 0 Å². The molecule has 0 aliphatic carbocycles. The molecule has 2 atom stereocenters. The number of hydrogen-bond donors (Lipinski definition) is 2. The molecular formula is C7H17NO2. The monoisotopic (exact) mass is 147 g/mol. The van der Waals surface area contributed by atoms with Crippen LogP contribution in [0.2, 0.25) is 0 Å². The van der Waals surface area contributed by atoms with Crippen LogP contribution >= 0.6 is 0 Å². The lowest BCUT2D eigenvalue weighted by atomic mass is 10.2. The third-order valence-corrected chi connectivity index (χ3v) is 1.38. The molecule has 0 fully saturated rings. The lowest BCUT2D eigenvalue weighted by Crippen LogP contribution is -2.34. The molecule has 0 rings (SSSR count). The summed E-state index contributed by atoms with van der Waals surface area (Å²) >= 11 is 0. The fraction of sp³-hybridized carbons (Fsp3) is 1.00. The molecule has 0 radical (unpaired) electrons. The first-order valence-corrected chi connectivity index (χ1v) is 3.66. The predicted molar refractivity (Wildman–Crippen MR) is 41.0 cm³/mol. The SMILES string of the molecule is CCOC(C)C(O)CNC. The maximum atomic E-state index is 9.26. The second-order valence-corrected chi connectivity index (χ2v) is 2.29. The number of aliphatic hydroxyl groups is 1. The molecule has 0 saturated carbocycles. The molecule has 0 amide bonds. The molecule has 0 heterocycles. The number of aliphatic hydroxyl groups excluding tert-OH is 1. The molecule has 10 heavy (non-hydrogen) atoms. The highest BCUT2D eigenvalue weighted by Crippen LogP contribution is 1.96. The molecule has 0 aromatic heterocycles. The van der Waals surface area contributed by atoms with Gasteiger partial charge >= 0.3 is 0 Å². The third kappa shape index (κ3) is 3.82. The van der Waals surface area contributed by atoms with Gasteiger partial charge in [0.2, 0.25) is 0 Å². The number of nitrogens with one attached hydrogen (secondary N) is 1. The van der Waals surface area contributed by atoms with Gasteiger partial charge < -0.3 is 15.2 Å². The molecule has 0 saturated heterocycles. The van der Waals surface area contributed by atoms with Gasteiger partial charge in [-0.25, -0.2) is 0 Å². The van der Waals surface area contributed by atoms with Crippen molar-refractivity contribution in [2.45, 2.75) is 26.1 Å². The van der Waals surface area contributed by atoms with Crippen LogP contribution in [0.25, 0.3) is 0 Å². The second-order valence-electron chi connectivity index (χ2n) is 2.29. The molecule has 3 nitrogen and oxygen atoms in total. The van der Waals surface area contributed by atoms with Gasteiger partial charge in [-0.1, -0.05) is 0 Å². The van der Waals surface area contributed by atoms with Crippen LogP contribution in [0.15, 0.2) is 0 Å². The van der Waals surface area contributed by atoms with Gasteiger partial charge in [0.05, 0.1) is 12.2 Å². The summed E-state index contributed by atoms with van der Waals surface area (Å²) in [5.74, 6) is 0. The van der Waals surface area contributed by atoms with Crippen LogP contribution in [0.4, 0.5) is 0 Å². The fourth-order valence-corrected chi connectivity index (χ4v) is 0.749. The largest absolute Gasteiger partial charge is 0.389 e. The molecule has 0 bridgehead atoms. The topological polar surface area (TPSA) is 41.5 Å². The highest BCUT2D eigenvalue weighted by Gasteiger charge is 2.11. The van der Waals surface area contributed by atoms with Crippen LogP contribution < -0.4 is 5.32 Å². The summed E-state index contributed by atoms with van der Waals surface area (Å²) in [6, 6.07) is 0. The van der Waals surface area contributed by atoms with Crippen molar-refractivity contribution in [3.8, 4) is 0 Å². The van der Waals surface area contributed by atoms with E-state index in [1.165, 1.54) is 0 Å². The molecule has 0 aliphatic rings. The van der Waals surface area contributed by atoms with Crippen LogP contribution in [0, 0.1) is 0 Å². The van der Waals surface area contributed by atoms with Crippen molar-refractivity contribution in [1.29, 1.82) is 0 Å². The first kappa shape index (κ1) is 9.88. The Kier molecular flexibility index (Phi) is 5.58. The zero-order valence-electron chi connectivity index (χ0n) is 6.92. The highest BCUT2D eigenvalue weighted by molar-refractivity contribution is 4.64. The Morgan fingerprint density at radius 3 is 2.60 bits per heavy atom. The Balaban J connectivity index is 3.38. The summed E-state index contributed by atoms with van der Waals surface area (Å²) in [7, 11) is 1.81. The zero-order valence-corrected chi connectivity index (χ0v) is 6.92. The fourth-order valence-electron chi connectivity index (χ4n) is 0.749. The molecule has 62 valence electrons. The third-order valence-electron chi connectivity index (χ3n) is 1.38. The summed E-state index contributed by atoms with van der Waals surface area (Å²) in [5.41, 5.74) is 0. The van der Waals surface area contributed by atoms with Gasteiger partial charge in [-0.05, 0) is 20.9 Å². The minimum Gasteiger partial charge on any atom is -0.389 e. The van der Waals surface area contributed by atoms with Crippen molar-refractivity contribution in [3.63, 3.8) is 0 Å². The summed E-state index contributed by atoms with van der Waals surface area (Å²) in [6.07, 6.45) is -0.470. The van der Waals surface area contributed by atoms with E-state index in [0.717, 1.165) is 0 Å². The van der Waals surface area contributed by atoms with Gasteiger partial charge in [0.25, 0.3) is 0 Å². The zero-order chi connectivity index (χ0) is 7.98. The standard InChI is InChI=1S/C7H17NO2/c1-4-10-6(2)7(9)5-8-3/h6-9H,4-5H2,1-3H3. The van der Waals surface area contributed by atoms with E-state index < -0.39 is 6.10 Å². The molecule has 0 aromatic rings. The Morgan fingerprint density at radius 1 is 1.60 bits per heavy atom. The quantitative estimate of drug-likeness (QED) is 0.575. The van der Waals surface area contributed by atoms with E-state index in [1.54, 1.807) is 0 Å². The summed E-state index contributed by atoms with van der Waals surface area (Å²) in [6.45, 7) is 5.03. The molecule has 0 spiro atoms. The number of likely N-dealkylation sites (N-methyl/N-ethyl adjacent to an activating group) is 1. The molecule has 0 aromatic carbocycles. The maximum Gasteiger partial charge on any atom is 0.0922 e. The smallest absolute Gasteiger partial charge is 0.0922 e. The van der Waals surface area contributed by atoms with E-state index in [-0.39, 0.29) is 6.10 Å². The van der Waals surface area contributed by atoms with Gasteiger partial charge in [0.1, 0.15) is 0 Å². The van der Waals surface area contributed by atoms with E-state index >= 15 is 0 Å². The van der Waals surface area contributed by atoms with Crippen LogP contribution in [0.1, 0.15) is 13.8 Å². The maximum absolute atomic E-state index is 9.26. The minimum absolute atomic E-state index is 0.0718. The lowest BCUT2D eigenvalue weighted by molar-refractivity contribution is -0.0196.